The van der Waals surface area contributed by atoms with Gasteiger partial charge in [0, 0.05) is 29.9 Å². The van der Waals surface area contributed by atoms with Crippen molar-refractivity contribution >= 4 is 21.6 Å². The van der Waals surface area contributed by atoms with Crippen molar-refractivity contribution < 1.29 is 44.3 Å². The van der Waals surface area contributed by atoms with E-state index < -0.39 is 62.4 Å². The van der Waals surface area contributed by atoms with Crippen LogP contribution in [-0.2, 0) is 16.0 Å². The molecule has 37 heavy (non-hydrogen) atoms. The molecule has 0 aliphatic carbocycles. The van der Waals surface area contributed by atoms with Crippen molar-refractivity contribution in [2.45, 2.75) is 24.2 Å². The molecule has 0 aliphatic heterocycles. The Morgan fingerprint density at radius 3 is 2.35 bits per heavy atom. The molecule has 0 bridgehead atoms. The number of carbonyl (C=O) groups excluding carboxylic acids is 1. The summed E-state index contributed by atoms with van der Waals surface area (Å²) < 4.78 is 108. The topological polar surface area (TPSA) is 102 Å². The molecule has 0 atom stereocenters. The van der Waals surface area contributed by atoms with Crippen LogP contribution in [0.25, 0.3) is 11.1 Å². The lowest BCUT2D eigenvalue weighted by Crippen LogP contribution is -2.28. The first-order valence-electron chi connectivity index (χ1n) is 10.3. The van der Waals surface area contributed by atoms with Crippen molar-refractivity contribution in [3.8, 4) is 17.0 Å². The second kappa shape index (κ2) is 10.3. The number of hydrogen-bond acceptors (Lipinski definition) is 7. The van der Waals surface area contributed by atoms with Gasteiger partial charge in [0.15, 0.2) is 22.3 Å². The molecule has 0 radical (unpaired) electrons. The molecule has 198 valence electrons. The Morgan fingerprint density at radius 1 is 1.03 bits per heavy atom. The van der Waals surface area contributed by atoms with Gasteiger partial charge in [0.25, 0.3) is 5.91 Å². The smallest absolute Gasteiger partial charge is 0.422 e. The molecule has 1 aromatic carbocycles. The Balaban J connectivity index is 2.09. The summed E-state index contributed by atoms with van der Waals surface area (Å²) in [4.78, 5) is 17.1. The van der Waals surface area contributed by atoms with Crippen LogP contribution in [0.2, 0.25) is 0 Å². The molecule has 0 spiro atoms. The standard InChI is InChI=1S/C22H18F6N4O4S/c1-3-37(34,35)15-10-13(9-14(11-15)22(26,27)28)20(33)32(2)18-16(6-8-30-31-18)17-5-4-7-29-19(17)36-12-21(23,24)25/h4-11H,3,12H2,1-2H3. The molecular formula is C22H18F6N4O4S. The fourth-order valence-corrected chi connectivity index (χ4v) is 4.11. The van der Waals surface area contributed by atoms with Crippen LogP contribution in [0.1, 0.15) is 22.8 Å². The molecule has 0 saturated carbocycles. The van der Waals surface area contributed by atoms with E-state index in [2.05, 4.69) is 15.2 Å². The zero-order valence-corrected chi connectivity index (χ0v) is 19.9. The molecule has 3 aromatic rings. The highest BCUT2D eigenvalue weighted by atomic mass is 32.2. The molecule has 8 nitrogen and oxygen atoms in total. The van der Waals surface area contributed by atoms with Gasteiger partial charge in [-0.15, -0.1) is 5.10 Å². The molecular weight excluding hydrogens is 530 g/mol. The van der Waals surface area contributed by atoms with Crippen LogP contribution in [0.4, 0.5) is 32.2 Å². The number of aromatic nitrogens is 3. The Labute approximate surface area is 206 Å². The first kappa shape index (κ1) is 27.8. The van der Waals surface area contributed by atoms with Gasteiger partial charge in [0.1, 0.15) is 0 Å². The third-order valence-corrected chi connectivity index (χ3v) is 6.69. The number of anilines is 1. The van der Waals surface area contributed by atoms with E-state index in [1.807, 2.05) is 0 Å². The van der Waals surface area contributed by atoms with E-state index in [1.165, 1.54) is 37.5 Å². The number of carbonyl (C=O) groups is 1. The number of ether oxygens (including phenoxy) is 1. The zero-order valence-electron chi connectivity index (χ0n) is 19.1. The van der Waals surface area contributed by atoms with E-state index in [0.717, 1.165) is 18.0 Å². The molecule has 2 aromatic heterocycles. The maximum absolute atomic E-state index is 13.5. The fourth-order valence-electron chi connectivity index (χ4n) is 3.17. The molecule has 0 fully saturated rings. The fraction of sp³-hybridized carbons (Fsp3) is 0.273. The lowest BCUT2D eigenvalue weighted by molar-refractivity contribution is -0.154. The lowest BCUT2D eigenvalue weighted by atomic mass is 10.1. The molecule has 0 saturated heterocycles. The van der Waals surface area contributed by atoms with E-state index >= 15 is 0 Å². The molecule has 15 heteroatoms. The van der Waals surface area contributed by atoms with Gasteiger partial charge in [-0.25, -0.2) is 13.4 Å². The number of nitrogens with zero attached hydrogens (tertiary/aromatic N) is 4. The first-order chi connectivity index (χ1) is 17.1. The Morgan fingerprint density at radius 2 is 1.73 bits per heavy atom. The minimum atomic E-state index is -4.95. The SMILES string of the molecule is CCS(=O)(=O)c1cc(C(=O)N(C)c2nnccc2-c2cccnc2OCC(F)(F)F)cc(C(F)(F)F)c1. The minimum absolute atomic E-state index is 0.00501. The van der Waals surface area contributed by atoms with Crippen LogP contribution in [0.5, 0.6) is 5.88 Å². The number of alkyl halides is 6. The average Bonchev–Trinajstić information content (AvgIpc) is 2.85. The quantitative estimate of drug-likeness (QED) is 0.399. The van der Waals surface area contributed by atoms with Gasteiger partial charge in [0.2, 0.25) is 5.88 Å². The van der Waals surface area contributed by atoms with E-state index in [-0.39, 0.29) is 16.9 Å². The van der Waals surface area contributed by atoms with E-state index in [0.29, 0.717) is 12.1 Å². The van der Waals surface area contributed by atoms with E-state index in [9.17, 15) is 39.6 Å². The molecule has 0 N–H and O–H groups in total. The van der Waals surface area contributed by atoms with Crippen molar-refractivity contribution in [2.24, 2.45) is 0 Å². The lowest BCUT2D eigenvalue weighted by Gasteiger charge is -2.21. The Bertz CT molecular complexity index is 1410. The van der Waals surface area contributed by atoms with Crippen molar-refractivity contribution in [1.82, 2.24) is 15.2 Å². The summed E-state index contributed by atoms with van der Waals surface area (Å²) in [6.07, 6.45) is -7.27. The van der Waals surface area contributed by atoms with Gasteiger partial charge in [-0.3, -0.25) is 9.69 Å². The van der Waals surface area contributed by atoms with Crippen molar-refractivity contribution in [3.63, 3.8) is 0 Å². The highest BCUT2D eigenvalue weighted by Crippen LogP contribution is 2.36. The third-order valence-electron chi connectivity index (χ3n) is 4.98. The number of benzene rings is 1. The van der Waals surface area contributed by atoms with Crippen molar-refractivity contribution in [2.75, 3.05) is 24.3 Å². The maximum atomic E-state index is 13.5. The summed E-state index contributed by atoms with van der Waals surface area (Å²) in [5.41, 5.74) is -1.94. The first-order valence-corrected chi connectivity index (χ1v) is 12.0. The molecule has 0 unspecified atom stereocenters. The molecule has 3 rings (SSSR count). The number of halogens is 6. The van der Waals surface area contributed by atoms with Gasteiger partial charge < -0.3 is 4.74 Å². The molecule has 1 amide bonds. The van der Waals surface area contributed by atoms with Crippen LogP contribution in [-0.4, -0.2) is 55.1 Å². The number of sulfone groups is 1. The van der Waals surface area contributed by atoms with Crippen LogP contribution in [0.15, 0.2) is 53.7 Å². The molecule has 2 heterocycles. The second-order valence-electron chi connectivity index (χ2n) is 7.54. The van der Waals surface area contributed by atoms with Gasteiger partial charge in [-0.1, -0.05) is 6.92 Å². The number of hydrogen-bond donors (Lipinski definition) is 0. The maximum Gasteiger partial charge on any atom is 0.422 e. The highest BCUT2D eigenvalue weighted by Gasteiger charge is 2.34. The average molecular weight is 548 g/mol. The zero-order chi connectivity index (χ0) is 27.6. The van der Waals surface area contributed by atoms with Crippen LogP contribution in [0, 0.1) is 0 Å². The van der Waals surface area contributed by atoms with Gasteiger partial charge >= 0.3 is 12.4 Å². The minimum Gasteiger partial charge on any atom is -0.468 e. The summed E-state index contributed by atoms with van der Waals surface area (Å²) in [5.74, 6) is -2.28. The summed E-state index contributed by atoms with van der Waals surface area (Å²) in [6, 6.07) is 5.76. The Kier molecular flexibility index (Phi) is 7.76. The van der Waals surface area contributed by atoms with E-state index in [4.69, 9.17) is 4.74 Å². The summed E-state index contributed by atoms with van der Waals surface area (Å²) in [7, 11) is -2.98. The van der Waals surface area contributed by atoms with Gasteiger partial charge in [-0.05, 0) is 36.4 Å². The highest BCUT2D eigenvalue weighted by molar-refractivity contribution is 7.91. The van der Waals surface area contributed by atoms with Crippen LogP contribution >= 0.6 is 0 Å². The number of amides is 1. The predicted octanol–water partition coefficient (Wildman–Crippen LogP) is 4.57. The van der Waals surface area contributed by atoms with Crippen molar-refractivity contribution in [3.05, 3.63) is 59.9 Å². The van der Waals surface area contributed by atoms with Crippen molar-refractivity contribution in [1.29, 1.82) is 0 Å². The molecule has 0 aliphatic rings. The van der Waals surface area contributed by atoms with Crippen LogP contribution in [0.3, 0.4) is 0 Å². The number of pyridine rings is 1. The van der Waals surface area contributed by atoms with Gasteiger partial charge in [0.05, 0.1) is 22.4 Å². The summed E-state index contributed by atoms with van der Waals surface area (Å²) in [5, 5.41) is 7.47. The summed E-state index contributed by atoms with van der Waals surface area (Å²) >= 11 is 0. The summed E-state index contributed by atoms with van der Waals surface area (Å²) in [6.45, 7) is -0.417. The predicted molar refractivity (Wildman–Crippen MR) is 119 cm³/mol. The number of rotatable bonds is 7. The largest absolute Gasteiger partial charge is 0.468 e. The van der Waals surface area contributed by atoms with E-state index in [1.54, 1.807) is 0 Å². The normalized spacial score (nSPS) is 12.3. The Hall–Kier alpha value is -3.75. The van der Waals surface area contributed by atoms with Crippen LogP contribution < -0.4 is 9.64 Å². The van der Waals surface area contributed by atoms with Gasteiger partial charge in [-0.2, -0.15) is 31.4 Å². The second-order valence-corrected chi connectivity index (χ2v) is 9.82. The third kappa shape index (κ3) is 6.53. The monoisotopic (exact) mass is 548 g/mol.